The first-order valence-electron chi connectivity index (χ1n) is 13.9. The van der Waals surface area contributed by atoms with E-state index in [1.807, 2.05) is 24.3 Å². The third-order valence-corrected chi connectivity index (χ3v) is 9.55. The molecule has 0 N–H and O–H groups in total. The fraction of sp³-hybridized carbons (Fsp3) is 0.581. The van der Waals surface area contributed by atoms with E-state index in [-0.39, 0.29) is 5.92 Å². The summed E-state index contributed by atoms with van der Waals surface area (Å²) in [5.74, 6) is 2.94. The molecule has 0 amide bonds. The Balaban J connectivity index is 1.37. The fourth-order valence-electron chi connectivity index (χ4n) is 5.83. The Labute approximate surface area is 232 Å². The van der Waals surface area contributed by atoms with E-state index in [2.05, 4.69) is 28.8 Å². The topological polar surface area (TPSA) is 64.0 Å². The fourth-order valence-corrected chi connectivity index (χ4v) is 7.55. The van der Waals surface area contributed by atoms with E-state index >= 15 is 0 Å². The zero-order valence-corrected chi connectivity index (χ0v) is 24.1. The molecule has 7 heteroatoms. The molecule has 206 valence electrons. The summed E-state index contributed by atoms with van der Waals surface area (Å²) in [5.41, 5.74) is 3.65. The van der Waals surface area contributed by atoms with Crippen LogP contribution in [0.2, 0.25) is 0 Å². The number of ether oxygens (including phenoxy) is 4. The van der Waals surface area contributed by atoms with Crippen LogP contribution in [0.1, 0.15) is 85.8 Å². The Hall–Kier alpha value is -2.56. The van der Waals surface area contributed by atoms with Crippen LogP contribution in [0.4, 0.5) is 0 Å². The maximum Gasteiger partial charge on any atom is 0.166 e. The molecule has 2 aromatic rings. The Morgan fingerprint density at radius 2 is 1.63 bits per heavy atom. The van der Waals surface area contributed by atoms with Gasteiger partial charge in [0.2, 0.25) is 0 Å². The molecule has 2 atom stereocenters. The summed E-state index contributed by atoms with van der Waals surface area (Å²) >= 11 is 2.13. The van der Waals surface area contributed by atoms with Crippen molar-refractivity contribution < 1.29 is 18.9 Å². The third-order valence-electron chi connectivity index (χ3n) is 7.90. The van der Waals surface area contributed by atoms with Crippen LogP contribution in [0, 0.1) is 11.3 Å². The molecule has 1 fully saturated rings. The van der Waals surface area contributed by atoms with E-state index < -0.39 is 0 Å². The monoisotopic (exact) mass is 538 g/mol. The summed E-state index contributed by atoms with van der Waals surface area (Å²) in [5, 5.41) is 10.8. The average Bonchev–Trinajstić information content (AvgIpc) is 3.31. The largest absolute Gasteiger partial charge is 0.493 e. The summed E-state index contributed by atoms with van der Waals surface area (Å²) in [6, 6.07) is 12.5. The number of hydrogen-bond donors (Lipinski definition) is 0. The number of methoxy groups -OCH3 is 4. The van der Waals surface area contributed by atoms with Crippen molar-refractivity contribution >= 4 is 11.8 Å². The number of nitriles is 1. The van der Waals surface area contributed by atoms with Crippen LogP contribution >= 0.6 is 11.8 Å². The molecule has 2 aromatic carbocycles. The minimum absolute atomic E-state index is 0.142. The molecular weight excluding hydrogens is 496 g/mol. The van der Waals surface area contributed by atoms with Crippen molar-refractivity contribution in [3.63, 3.8) is 0 Å². The van der Waals surface area contributed by atoms with Crippen LogP contribution in [0.25, 0.3) is 0 Å². The van der Waals surface area contributed by atoms with Crippen LogP contribution in [-0.4, -0.2) is 45.1 Å². The lowest BCUT2D eigenvalue weighted by Crippen LogP contribution is -2.24. The van der Waals surface area contributed by atoms with Gasteiger partial charge in [0.1, 0.15) is 0 Å². The third kappa shape index (κ3) is 6.52. The SMILES string of the molecule is COc1ccc(C(C#N)CCCCCN2Cc3ccc(OC)c(OC)c3C2SC2CCCCC2)cc1OC. The average molecular weight is 539 g/mol. The van der Waals surface area contributed by atoms with Crippen molar-refractivity contribution in [2.24, 2.45) is 0 Å². The normalized spacial score (nSPS) is 18.4. The number of hydrogen-bond acceptors (Lipinski definition) is 7. The number of benzene rings is 2. The van der Waals surface area contributed by atoms with Gasteiger partial charge in [0.25, 0.3) is 0 Å². The Bertz CT molecular complexity index is 1100. The highest BCUT2D eigenvalue weighted by Gasteiger charge is 2.36. The molecule has 38 heavy (non-hydrogen) atoms. The number of fused-ring (bicyclic) bond motifs is 1. The molecule has 0 aromatic heterocycles. The van der Waals surface area contributed by atoms with Gasteiger partial charge in [-0.3, -0.25) is 4.90 Å². The zero-order valence-electron chi connectivity index (χ0n) is 23.3. The number of nitrogens with zero attached hydrogens (tertiary/aromatic N) is 2. The number of thioether (sulfide) groups is 1. The number of rotatable bonds is 13. The second-order valence-corrected chi connectivity index (χ2v) is 11.6. The second-order valence-electron chi connectivity index (χ2n) is 10.2. The lowest BCUT2D eigenvalue weighted by atomic mass is 9.94. The summed E-state index contributed by atoms with van der Waals surface area (Å²) in [6.45, 7) is 1.99. The first-order chi connectivity index (χ1) is 18.6. The molecule has 2 aliphatic rings. The first-order valence-corrected chi connectivity index (χ1v) is 14.8. The summed E-state index contributed by atoms with van der Waals surface area (Å²) in [4.78, 5) is 2.63. The highest BCUT2D eigenvalue weighted by Crippen LogP contribution is 2.52. The zero-order chi connectivity index (χ0) is 26.9. The lowest BCUT2D eigenvalue weighted by Gasteiger charge is -2.31. The first kappa shape index (κ1) is 28.4. The molecule has 1 saturated carbocycles. The standard InChI is InChI=1S/C31H42N2O4S/c1-34-26-16-14-22(19-28(26)36-3)23(20-32)11-7-6-10-18-33-21-24-15-17-27(35-2)30(37-4)29(24)31(33)38-25-12-8-5-9-13-25/h14-17,19,23,25,31H,5-13,18,21H2,1-4H3. The molecule has 0 bridgehead atoms. The van der Waals surface area contributed by atoms with Gasteiger partial charge >= 0.3 is 0 Å². The van der Waals surface area contributed by atoms with Crippen LogP contribution in [0.3, 0.4) is 0 Å². The van der Waals surface area contributed by atoms with E-state index in [1.165, 1.54) is 43.2 Å². The smallest absolute Gasteiger partial charge is 0.166 e. The molecule has 2 unspecified atom stereocenters. The summed E-state index contributed by atoms with van der Waals surface area (Å²) in [6.07, 6.45) is 10.7. The quantitative estimate of drug-likeness (QED) is 0.245. The van der Waals surface area contributed by atoms with Crippen LogP contribution in [0.5, 0.6) is 23.0 Å². The Kier molecular flexibility index (Phi) is 10.5. The van der Waals surface area contributed by atoms with Crippen molar-refractivity contribution in [1.82, 2.24) is 4.90 Å². The van der Waals surface area contributed by atoms with E-state index in [1.54, 1.807) is 28.4 Å². The van der Waals surface area contributed by atoms with Crippen molar-refractivity contribution in [3.8, 4) is 29.1 Å². The minimum Gasteiger partial charge on any atom is -0.493 e. The molecule has 0 spiro atoms. The molecular formula is C31H42N2O4S. The van der Waals surface area contributed by atoms with E-state index in [0.717, 1.165) is 55.8 Å². The predicted molar refractivity (Wildman–Crippen MR) is 154 cm³/mol. The van der Waals surface area contributed by atoms with Gasteiger partial charge in [-0.1, -0.05) is 44.2 Å². The lowest BCUT2D eigenvalue weighted by molar-refractivity contribution is 0.265. The Morgan fingerprint density at radius 3 is 2.32 bits per heavy atom. The van der Waals surface area contributed by atoms with Crippen molar-refractivity contribution in [2.75, 3.05) is 35.0 Å². The van der Waals surface area contributed by atoms with Crippen LogP contribution in [-0.2, 0) is 6.54 Å². The minimum atomic E-state index is -0.142. The maximum absolute atomic E-state index is 9.83. The van der Waals surface area contributed by atoms with Gasteiger partial charge in [0.15, 0.2) is 23.0 Å². The second kappa shape index (κ2) is 14.0. The summed E-state index contributed by atoms with van der Waals surface area (Å²) < 4.78 is 22.3. The van der Waals surface area contributed by atoms with Gasteiger partial charge in [0, 0.05) is 17.4 Å². The van der Waals surface area contributed by atoms with Gasteiger partial charge < -0.3 is 18.9 Å². The van der Waals surface area contributed by atoms with Crippen molar-refractivity contribution in [1.29, 1.82) is 5.26 Å². The van der Waals surface area contributed by atoms with E-state index in [0.29, 0.717) is 22.1 Å². The molecule has 4 rings (SSSR count). The predicted octanol–water partition coefficient (Wildman–Crippen LogP) is 7.47. The summed E-state index contributed by atoms with van der Waals surface area (Å²) in [7, 11) is 6.73. The van der Waals surface area contributed by atoms with Gasteiger partial charge in [-0.25, -0.2) is 0 Å². The molecule has 0 saturated heterocycles. The van der Waals surface area contributed by atoms with Crippen LogP contribution < -0.4 is 18.9 Å². The molecule has 1 heterocycles. The van der Waals surface area contributed by atoms with Gasteiger partial charge in [-0.15, -0.1) is 11.8 Å². The molecule has 0 radical (unpaired) electrons. The Morgan fingerprint density at radius 1 is 0.895 bits per heavy atom. The number of unbranched alkanes of at least 4 members (excludes halogenated alkanes) is 2. The highest BCUT2D eigenvalue weighted by molar-refractivity contribution is 8.00. The van der Waals surface area contributed by atoms with E-state index in [9.17, 15) is 5.26 Å². The van der Waals surface area contributed by atoms with E-state index in [4.69, 9.17) is 18.9 Å². The maximum atomic E-state index is 9.83. The van der Waals surface area contributed by atoms with Gasteiger partial charge in [-0.2, -0.15) is 5.26 Å². The van der Waals surface area contributed by atoms with Gasteiger partial charge in [0.05, 0.1) is 45.8 Å². The highest BCUT2D eigenvalue weighted by atomic mass is 32.2. The molecule has 1 aliphatic carbocycles. The van der Waals surface area contributed by atoms with Crippen molar-refractivity contribution in [2.45, 2.75) is 80.9 Å². The van der Waals surface area contributed by atoms with Crippen molar-refractivity contribution in [3.05, 3.63) is 47.0 Å². The van der Waals surface area contributed by atoms with Gasteiger partial charge in [-0.05, 0) is 61.6 Å². The van der Waals surface area contributed by atoms with Crippen LogP contribution in [0.15, 0.2) is 30.3 Å². The molecule has 6 nitrogen and oxygen atoms in total. The molecule has 1 aliphatic heterocycles.